The number of fused-ring (bicyclic) bond motifs is 4. The first-order valence-electron chi connectivity index (χ1n) is 10.2. The van der Waals surface area contributed by atoms with Gasteiger partial charge in [0.25, 0.3) is 11.8 Å². The molecular formula is C22H24FN3O5. The SMILES string of the molecule is COc1cccc(CNC(=O)c2cn3c(c(OC)c2=O)C(=O)N2CCCCC3C2)c1F. The van der Waals surface area contributed by atoms with E-state index in [2.05, 4.69) is 5.32 Å². The molecule has 0 spiro atoms. The molecule has 4 rings (SSSR count). The van der Waals surface area contributed by atoms with Crippen molar-refractivity contribution in [3.63, 3.8) is 0 Å². The van der Waals surface area contributed by atoms with Gasteiger partial charge in [0.05, 0.1) is 20.3 Å². The highest BCUT2D eigenvalue weighted by molar-refractivity contribution is 5.99. The zero-order chi connectivity index (χ0) is 22.1. The van der Waals surface area contributed by atoms with Gasteiger partial charge in [-0.15, -0.1) is 0 Å². The van der Waals surface area contributed by atoms with Crippen molar-refractivity contribution in [1.29, 1.82) is 0 Å². The average molecular weight is 429 g/mol. The first-order valence-corrected chi connectivity index (χ1v) is 10.2. The Hall–Kier alpha value is -3.36. The van der Waals surface area contributed by atoms with E-state index in [1.807, 2.05) is 0 Å². The Bertz CT molecular complexity index is 1100. The number of halogens is 1. The standard InChI is InChI=1S/C22H24FN3O5/c1-30-16-8-5-6-13(17(16)23)10-24-21(28)15-12-26-14-7-3-4-9-25(11-14)22(29)18(26)20(31-2)19(15)27/h5-6,8,12,14H,3-4,7,9-11H2,1-2H3,(H,24,28). The topological polar surface area (TPSA) is 89.9 Å². The maximum atomic E-state index is 14.4. The van der Waals surface area contributed by atoms with Crippen LogP contribution in [0.15, 0.2) is 29.2 Å². The van der Waals surface area contributed by atoms with Crippen LogP contribution in [0.2, 0.25) is 0 Å². The third-order valence-electron chi connectivity index (χ3n) is 5.87. The number of aromatic nitrogens is 1. The van der Waals surface area contributed by atoms with E-state index in [0.29, 0.717) is 13.1 Å². The van der Waals surface area contributed by atoms with E-state index in [-0.39, 0.29) is 46.8 Å². The van der Waals surface area contributed by atoms with Crippen LogP contribution in [0, 0.1) is 5.82 Å². The Kier molecular flexibility index (Phi) is 5.67. The Morgan fingerprint density at radius 1 is 1.23 bits per heavy atom. The number of amides is 2. The molecule has 0 radical (unpaired) electrons. The summed E-state index contributed by atoms with van der Waals surface area (Å²) < 4.78 is 26.3. The molecule has 1 unspecified atom stereocenters. The number of benzene rings is 1. The Morgan fingerprint density at radius 3 is 2.77 bits per heavy atom. The second-order valence-electron chi connectivity index (χ2n) is 7.68. The molecule has 1 saturated heterocycles. The molecule has 3 heterocycles. The first kappa shape index (κ1) is 20.9. The molecule has 8 nitrogen and oxygen atoms in total. The van der Waals surface area contributed by atoms with Gasteiger partial charge < -0.3 is 24.3 Å². The van der Waals surface area contributed by atoms with E-state index in [9.17, 15) is 18.8 Å². The monoisotopic (exact) mass is 429 g/mol. The third kappa shape index (κ3) is 3.64. The van der Waals surface area contributed by atoms with Crippen LogP contribution in [0.3, 0.4) is 0 Å². The van der Waals surface area contributed by atoms with Crippen molar-refractivity contribution < 1.29 is 23.5 Å². The van der Waals surface area contributed by atoms with Crippen LogP contribution >= 0.6 is 0 Å². The molecular weight excluding hydrogens is 405 g/mol. The minimum absolute atomic E-state index is 0.0351. The quantitative estimate of drug-likeness (QED) is 0.786. The van der Waals surface area contributed by atoms with Crippen molar-refractivity contribution >= 4 is 11.8 Å². The highest BCUT2D eigenvalue weighted by Gasteiger charge is 2.36. The average Bonchev–Trinajstić information content (AvgIpc) is 3.00. The number of carbonyl (C=O) groups excluding carboxylic acids is 2. The summed E-state index contributed by atoms with van der Waals surface area (Å²) in [6.07, 6.45) is 4.10. The van der Waals surface area contributed by atoms with Gasteiger partial charge in [-0.25, -0.2) is 4.39 Å². The van der Waals surface area contributed by atoms with Gasteiger partial charge in [-0.05, 0) is 25.3 Å². The molecule has 2 aliphatic rings. The molecule has 1 atom stereocenters. The summed E-state index contributed by atoms with van der Waals surface area (Å²) >= 11 is 0. The Labute approximate surface area is 178 Å². The summed E-state index contributed by atoms with van der Waals surface area (Å²) in [7, 11) is 2.67. The van der Waals surface area contributed by atoms with Crippen molar-refractivity contribution in [2.45, 2.75) is 31.8 Å². The molecule has 0 saturated carbocycles. The van der Waals surface area contributed by atoms with Crippen molar-refractivity contribution in [3.05, 3.63) is 57.3 Å². The lowest BCUT2D eigenvalue weighted by Crippen LogP contribution is -2.44. The maximum absolute atomic E-state index is 14.4. The van der Waals surface area contributed by atoms with Gasteiger partial charge in [0.15, 0.2) is 23.0 Å². The van der Waals surface area contributed by atoms with Crippen molar-refractivity contribution in [2.75, 3.05) is 27.3 Å². The number of hydrogen-bond acceptors (Lipinski definition) is 5. The molecule has 2 bridgehead atoms. The summed E-state index contributed by atoms with van der Waals surface area (Å²) in [6, 6.07) is 4.59. The lowest BCUT2D eigenvalue weighted by molar-refractivity contribution is 0.0676. The number of nitrogens with one attached hydrogen (secondary N) is 1. The van der Waals surface area contributed by atoms with Crippen molar-refractivity contribution in [3.8, 4) is 11.5 Å². The van der Waals surface area contributed by atoms with E-state index in [1.165, 1.54) is 32.5 Å². The smallest absolute Gasteiger partial charge is 0.274 e. The molecule has 0 aliphatic carbocycles. The molecule has 31 heavy (non-hydrogen) atoms. The molecule has 2 aliphatic heterocycles. The molecule has 164 valence electrons. The fourth-order valence-electron chi connectivity index (χ4n) is 4.26. The van der Waals surface area contributed by atoms with E-state index < -0.39 is 17.2 Å². The Balaban J connectivity index is 1.68. The Morgan fingerprint density at radius 2 is 2.03 bits per heavy atom. The lowest BCUT2D eigenvalue weighted by atomic mass is 10.1. The summed E-state index contributed by atoms with van der Waals surface area (Å²) in [4.78, 5) is 40.5. The predicted molar refractivity (Wildman–Crippen MR) is 110 cm³/mol. The summed E-state index contributed by atoms with van der Waals surface area (Å²) in [5.41, 5.74) is -0.395. The molecule has 1 N–H and O–H groups in total. The van der Waals surface area contributed by atoms with Crippen LogP contribution in [0.1, 0.15) is 51.7 Å². The van der Waals surface area contributed by atoms with Crippen LogP contribution in [0.25, 0.3) is 0 Å². The van der Waals surface area contributed by atoms with Crippen LogP contribution in [0.4, 0.5) is 4.39 Å². The zero-order valence-corrected chi connectivity index (χ0v) is 17.4. The number of carbonyl (C=O) groups is 2. The van der Waals surface area contributed by atoms with Crippen LogP contribution in [-0.2, 0) is 6.54 Å². The normalized spacial score (nSPS) is 17.6. The van der Waals surface area contributed by atoms with Crippen LogP contribution in [-0.4, -0.2) is 48.6 Å². The first-order chi connectivity index (χ1) is 15.0. The van der Waals surface area contributed by atoms with Gasteiger partial charge in [0.2, 0.25) is 5.43 Å². The van der Waals surface area contributed by atoms with E-state index in [0.717, 1.165) is 19.3 Å². The highest BCUT2D eigenvalue weighted by atomic mass is 19.1. The zero-order valence-electron chi connectivity index (χ0n) is 17.4. The van der Waals surface area contributed by atoms with Gasteiger partial charge in [0.1, 0.15) is 5.56 Å². The van der Waals surface area contributed by atoms with Gasteiger partial charge in [-0.1, -0.05) is 12.1 Å². The number of pyridine rings is 1. The molecule has 1 aromatic heterocycles. The lowest BCUT2D eigenvalue weighted by Gasteiger charge is -2.34. The van der Waals surface area contributed by atoms with E-state index in [1.54, 1.807) is 15.5 Å². The van der Waals surface area contributed by atoms with Gasteiger partial charge in [-0.2, -0.15) is 0 Å². The van der Waals surface area contributed by atoms with E-state index in [4.69, 9.17) is 9.47 Å². The molecule has 2 aromatic rings. The predicted octanol–water partition coefficient (Wildman–Crippen LogP) is 2.12. The summed E-state index contributed by atoms with van der Waals surface area (Å²) in [5, 5.41) is 2.59. The molecule has 1 fully saturated rings. The summed E-state index contributed by atoms with van der Waals surface area (Å²) in [5.74, 6) is -1.57. The van der Waals surface area contributed by atoms with Gasteiger partial charge in [0, 0.05) is 31.4 Å². The van der Waals surface area contributed by atoms with Crippen LogP contribution < -0.4 is 20.2 Å². The number of rotatable bonds is 5. The number of nitrogens with zero attached hydrogens (tertiary/aromatic N) is 2. The minimum atomic E-state index is -0.663. The van der Waals surface area contributed by atoms with Gasteiger partial charge in [-0.3, -0.25) is 14.4 Å². The molecule has 2 amide bonds. The van der Waals surface area contributed by atoms with Gasteiger partial charge >= 0.3 is 0 Å². The molecule has 1 aromatic carbocycles. The van der Waals surface area contributed by atoms with E-state index >= 15 is 0 Å². The number of ether oxygens (including phenoxy) is 2. The fraction of sp³-hybridized carbons (Fsp3) is 0.409. The fourth-order valence-corrected chi connectivity index (χ4v) is 4.26. The van der Waals surface area contributed by atoms with Crippen molar-refractivity contribution in [2.24, 2.45) is 0 Å². The number of hydrogen-bond donors (Lipinski definition) is 1. The summed E-state index contributed by atoms with van der Waals surface area (Å²) in [6.45, 7) is 1.05. The van der Waals surface area contributed by atoms with Crippen LogP contribution in [0.5, 0.6) is 11.5 Å². The molecule has 9 heteroatoms. The largest absolute Gasteiger partial charge is 0.494 e. The second kappa shape index (κ2) is 8.41. The third-order valence-corrected chi connectivity index (χ3v) is 5.87. The second-order valence-corrected chi connectivity index (χ2v) is 7.68. The maximum Gasteiger partial charge on any atom is 0.274 e. The highest BCUT2D eigenvalue weighted by Crippen LogP contribution is 2.32. The van der Waals surface area contributed by atoms with Crippen molar-refractivity contribution in [1.82, 2.24) is 14.8 Å². The number of methoxy groups -OCH3 is 2. The minimum Gasteiger partial charge on any atom is -0.494 e.